The fraction of sp³-hybridized carbons (Fsp3) is 0.667. The van der Waals surface area contributed by atoms with Crippen molar-refractivity contribution in [2.45, 2.75) is 27.7 Å². The van der Waals surface area contributed by atoms with Crippen LogP contribution in [0.1, 0.15) is 27.7 Å². The van der Waals surface area contributed by atoms with E-state index in [2.05, 4.69) is 22.2 Å². The second kappa shape index (κ2) is 10.6. The average Bonchev–Trinajstić information content (AvgIpc) is 1.93. The zero-order valence-electron chi connectivity index (χ0n) is 6.42. The van der Waals surface area contributed by atoms with Crippen molar-refractivity contribution in [2.24, 2.45) is 9.39 Å². The van der Waals surface area contributed by atoms with E-state index in [4.69, 9.17) is 0 Å². The zero-order chi connectivity index (χ0) is 7.70. The van der Waals surface area contributed by atoms with E-state index in [1.807, 2.05) is 20.8 Å². The van der Waals surface area contributed by atoms with Gasteiger partial charge in [0, 0.05) is 6.21 Å². The van der Waals surface area contributed by atoms with Gasteiger partial charge in [-0.05, 0) is 26.7 Å². The predicted molar refractivity (Wildman–Crippen MR) is 47.6 cm³/mol. The molecule has 0 aliphatic heterocycles. The molecule has 0 aromatic carbocycles. The second-order valence-electron chi connectivity index (χ2n) is 1.03. The summed E-state index contributed by atoms with van der Waals surface area (Å²) in [5.74, 6) is 0.686. The molecular weight excluding hydrogens is 132 g/mol. The van der Waals surface area contributed by atoms with Gasteiger partial charge in [-0.1, -0.05) is 13.8 Å². The number of hydrogen-bond donors (Lipinski definition) is 1. The van der Waals surface area contributed by atoms with Gasteiger partial charge in [-0.3, -0.25) is 0 Å². The van der Waals surface area contributed by atoms with E-state index in [0.717, 1.165) is 0 Å². The molecule has 0 aliphatic carbocycles. The average molecular weight is 146 g/mol. The van der Waals surface area contributed by atoms with Gasteiger partial charge in [0.05, 0.1) is 0 Å². The van der Waals surface area contributed by atoms with Gasteiger partial charge in [-0.15, -0.1) is 0 Å². The highest BCUT2D eigenvalue weighted by Gasteiger charge is 1.73. The number of nitrogens with zero attached hydrogens (tertiary/aromatic N) is 2. The summed E-state index contributed by atoms with van der Waals surface area (Å²) in [6.45, 7) is 7.62. The lowest BCUT2D eigenvalue weighted by atomic mass is 10.7. The Morgan fingerprint density at radius 2 is 1.89 bits per heavy atom. The summed E-state index contributed by atoms with van der Waals surface area (Å²) in [7, 11) is 0. The summed E-state index contributed by atoms with van der Waals surface area (Å²) in [6.07, 6.45) is 1.68. The molecule has 0 saturated carbocycles. The molecular formula is C6H14N2S. The van der Waals surface area contributed by atoms with Crippen LogP contribution in [0.3, 0.4) is 0 Å². The van der Waals surface area contributed by atoms with Gasteiger partial charge < -0.3 is 0 Å². The van der Waals surface area contributed by atoms with Crippen LogP contribution in [0, 0.1) is 0 Å². The Bertz CT molecular complexity index is 97.2. The molecule has 0 fully saturated rings. The first-order valence-corrected chi connectivity index (χ1v) is 3.38. The Labute approximate surface area is 62.7 Å². The van der Waals surface area contributed by atoms with Crippen LogP contribution >= 0.6 is 12.8 Å². The maximum atomic E-state index is 3.79. The minimum Gasteiger partial charge on any atom is -0.246 e. The molecule has 0 N–H and O–H groups in total. The Morgan fingerprint density at radius 1 is 1.44 bits per heavy atom. The maximum absolute atomic E-state index is 3.79. The first-order valence-electron chi connectivity index (χ1n) is 2.98. The van der Waals surface area contributed by atoms with Crippen LogP contribution in [0.2, 0.25) is 0 Å². The number of thiol groups is 1. The van der Waals surface area contributed by atoms with Crippen molar-refractivity contribution >= 4 is 24.9 Å². The molecule has 0 aliphatic rings. The zero-order valence-corrected chi connectivity index (χ0v) is 7.31. The third-order valence-electron chi connectivity index (χ3n) is 0.461. The number of aliphatic imine (C=N–C) groups is 1. The van der Waals surface area contributed by atoms with Gasteiger partial charge in [0.2, 0.25) is 0 Å². The van der Waals surface area contributed by atoms with Crippen molar-refractivity contribution < 1.29 is 0 Å². The summed E-state index contributed by atoms with van der Waals surface area (Å²) in [4.78, 5) is 3.79. The number of rotatable bonds is 0. The van der Waals surface area contributed by atoms with Crippen molar-refractivity contribution in [3.63, 3.8) is 0 Å². The molecule has 0 heterocycles. The Hall–Kier alpha value is -0.310. The molecule has 0 unspecified atom stereocenters. The van der Waals surface area contributed by atoms with Gasteiger partial charge in [-0.2, -0.15) is 0 Å². The first-order chi connectivity index (χ1) is 4.31. The summed E-state index contributed by atoms with van der Waals surface area (Å²) in [6, 6.07) is 0. The molecule has 2 nitrogen and oxygen atoms in total. The van der Waals surface area contributed by atoms with Gasteiger partial charge in [0.25, 0.3) is 0 Å². The van der Waals surface area contributed by atoms with E-state index < -0.39 is 0 Å². The van der Waals surface area contributed by atoms with E-state index >= 15 is 0 Å². The third kappa shape index (κ3) is 11.3. The normalized spacial score (nSPS) is 11.0. The molecule has 0 atom stereocenters. The molecule has 0 aromatic heterocycles. The van der Waals surface area contributed by atoms with E-state index in [9.17, 15) is 0 Å². The van der Waals surface area contributed by atoms with Crippen LogP contribution in [0.15, 0.2) is 9.39 Å². The van der Waals surface area contributed by atoms with Crippen LogP contribution in [0.5, 0.6) is 0 Å². The minimum absolute atomic E-state index is 0.686. The molecule has 3 heteroatoms. The monoisotopic (exact) mass is 146 g/mol. The Balaban J connectivity index is 0. The smallest absolute Gasteiger partial charge is 0.132 e. The van der Waals surface area contributed by atoms with Crippen molar-refractivity contribution in [2.75, 3.05) is 0 Å². The predicted octanol–water partition coefficient (Wildman–Crippen LogP) is 2.37. The molecule has 9 heavy (non-hydrogen) atoms. The van der Waals surface area contributed by atoms with Crippen molar-refractivity contribution in [1.82, 2.24) is 0 Å². The highest BCUT2D eigenvalue weighted by Crippen LogP contribution is 1.80. The van der Waals surface area contributed by atoms with E-state index in [1.54, 1.807) is 13.1 Å². The van der Waals surface area contributed by atoms with Crippen molar-refractivity contribution in [3.8, 4) is 0 Å². The molecule has 0 rings (SSSR count). The molecule has 0 radical (unpaired) electrons. The summed E-state index contributed by atoms with van der Waals surface area (Å²) >= 11 is 3.62. The first kappa shape index (κ1) is 11.5. The fourth-order valence-electron chi connectivity index (χ4n) is 0.213. The Morgan fingerprint density at radius 3 is 2.00 bits per heavy atom. The van der Waals surface area contributed by atoms with Gasteiger partial charge in [0.15, 0.2) is 0 Å². The van der Waals surface area contributed by atoms with Gasteiger partial charge in [-0.25, -0.2) is 9.39 Å². The topological polar surface area (TPSA) is 24.7 Å². The van der Waals surface area contributed by atoms with Crippen molar-refractivity contribution in [1.29, 1.82) is 0 Å². The SMILES string of the molecule is CC.CC=N/C(C)=N\S. The highest BCUT2D eigenvalue weighted by molar-refractivity contribution is 7.79. The van der Waals surface area contributed by atoms with Crippen LogP contribution in [-0.4, -0.2) is 12.1 Å². The lowest BCUT2D eigenvalue weighted by Crippen LogP contribution is -1.79. The summed E-state index contributed by atoms with van der Waals surface area (Å²) < 4.78 is 3.49. The van der Waals surface area contributed by atoms with Crippen LogP contribution in [0.4, 0.5) is 0 Å². The Kier molecular flexibility index (Phi) is 13.6. The lowest BCUT2D eigenvalue weighted by Gasteiger charge is -1.79. The quantitative estimate of drug-likeness (QED) is 0.308. The van der Waals surface area contributed by atoms with Crippen LogP contribution in [-0.2, 0) is 0 Å². The van der Waals surface area contributed by atoms with Gasteiger partial charge in [0.1, 0.15) is 5.84 Å². The molecule has 0 saturated heterocycles. The number of amidine groups is 1. The summed E-state index contributed by atoms with van der Waals surface area (Å²) in [5, 5.41) is 0. The molecule has 54 valence electrons. The molecule has 0 amide bonds. The van der Waals surface area contributed by atoms with E-state index in [0.29, 0.717) is 5.84 Å². The second-order valence-corrected chi connectivity index (χ2v) is 1.23. The number of hydrogen-bond acceptors (Lipinski definition) is 2. The standard InChI is InChI=1S/C4H8N2S.C2H6/c1-3-5-4(2)6-7;1-2/h3,7H,1-2H3;1-2H3/b5-3?,6-4-;. The maximum Gasteiger partial charge on any atom is 0.132 e. The van der Waals surface area contributed by atoms with E-state index in [-0.39, 0.29) is 0 Å². The largest absolute Gasteiger partial charge is 0.246 e. The van der Waals surface area contributed by atoms with Crippen molar-refractivity contribution in [3.05, 3.63) is 0 Å². The highest BCUT2D eigenvalue weighted by atomic mass is 32.1. The van der Waals surface area contributed by atoms with Crippen LogP contribution in [0.25, 0.3) is 0 Å². The van der Waals surface area contributed by atoms with Gasteiger partial charge >= 0.3 is 0 Å². The molecule has 0 aromatic rings. The third-order valence-corrected chi connectivity index (χ3v) is 0.750. The molecule has 0 bridgehead atoms. The lowest BCUT2D eigenvalue weighted by molar-refractivity contribution is 1.50. The van der Waals surface area contributed by atoms with E-state index in [1.165, 1.54) is 0 Å². The summed E-state index contributed by atoms with van der Waals surface area (Å²) in [5.41, 5.74) is 0. The van der Waals surface area contributed by atoms with Crippen LogP contribution < -0.4 is 0 Å². The fourth-order valence-corrected chi connectivity index (χ4v) is 0.264. The minimum atomic E-state index is 0.686. The molecule has 0 spiro atoms.